The van der Waals surface area contributed by atoms with E-state index < -0.39 is 5.79 Å². The number of hydrogen-bond donors (Lipinski definition) is 0. The summed E-state index contributed by atoms with van der Waals surface area (Å²) in [6.45, 7) is 4.70. The van der Waals surface area contributed by atoms with Crippen molar-refractivity contribution >= 4 is 0 Å². The van der Waals surface area contributed by atoms with Gasteiger partial charge in [-0.1, -0.05) is 41.5 Å². The summed E-state index contributed by atoms with van der Waals surface area (Å²) < 4.78 is 17.5. The highest BCUT2D eigenvalue weighted by Gasteiger charge is 2.49. The third-order valence-corrected chi connectivity index (χ3v) is 3.78. The lowest BCUT2D eigenvalue weighted by atomic mass is 10.1. The van der Waals surface area contributed by atoms with Gasteiger partial charge in [0, 0.05) is 4.91 Å². The molecule has 1 aromatic rings. The first-order valence-corrected chi connectivity index (χ1v) is 7.31. The Morgan fingerprint density at radius 1 is 1.23 bits per heavy atom. The summed E-state index contributed by atoms with van der Waals surface area (Å²) in [6.07, 6.45) is 1.43. The monoisotopic (exact) mass is 301 g/mol. The smallest absolute Gasteiger partial charge is 0.164 e. The van der Waals surface area contributed by atoms with Gasteiger partial charge in [-0.25, -0.2) is 0 Å². The maximum Gasteiger partial charge on any atom is 0.164 e. The zero-order valence-electron chi connectivity index (χ0n) is 12.7. The Kier molecular flexibility index (Phi) is 4.18. The number of fused-ring (bicyclic) bond motifs is 1. The lowest BCUT2D eigenvalue weighted by molar-refractivity contribution is -0.146. The van der Waals surface area contributed by atoms with Crippen LogP contribution in [-0.4, -0.2) is 30.6 Å². The molecule has 1 saturated heterocycles. The van der Waals surface area contributed by atoms with E-state index in [0.717, 1.165) is 11.1 Å². The maximum absolute atomic E-state index is 8.69. The molecule has 0 saturated carbocycles. The van der Waals surface area contributed by atoms with Gasteiger partial charge in [-0.05, 0) is 30.5 Å². The number of hydrogen-bond acceptors (Lipinski definition) is 4. The van der Waals surface area contributed by atoms with Crippen LogP contribution in [0, 0.1) is 0 Å². The molecule has 0 bridgehead atoms. The first-order valence-electron chi connectivity index (χ1n) is 7.31. The molecule has 2 aliphatic rings. The third kappa shape index (κ3) is 3.15. The topological polar surface area (TPSA) is 76.5 Å². The molecule has 6 heteroatoms. The summed E-state index contributed by atoms with van der Waals surface area (Å²) in [6, 6.07) is 9.64. The van der Waals surface area contributed by atoms with Crippen molar-refractivity contribution in [3.05, 3.63) is 58.0 Å². The van der Waals surface area contributed by atoms with Gasteiger partial charge in [0.05, 0.1) is 19.3 Å². The van der Waals surface area contributed by atoms with E-state index in [-0.39, 0.29) is 18.2 Å². The van der Waals surface area contributed by atoms with E-state index in [2.05, 4.69) is 10.0 Å². The van der Waals surface area contributed by atoms with Crippen molar-refractivity contribution in [2.45, 2.75) is 44.5 Å². The fraction of sp³-hybridized carbons (Fsp3) is 0.500. The van der Waals surface area contributed by atoms with E-state index in [1.807, 2.05) is 50.3 Å². The molecule has 0 aromatic heterocycles. The first-order chi connectivity index (χ1) is 10.6. The van der Waals surface area contributed by atoms with Crippen LogP contribution < -0.4 is 0 Å². The highest BCUT2D eigenvalue weighted by Crippen LogP contribution is 2.39. The van der Waals surface area contributed by atoms with Crippen LogP contribution >= 0.6 is 0 Å². The summed E-state index contributed by atoms with van der Waals surface area (Å²) >= 11 is 0. The molecule has 6 nitrogen and oxygen atoms in total. The maximum atomic E-state index is 8.69. The number of nitrogens with zero attached hydrogens (tertiary/aromatic N) is 3. The van der Waals surface area contributed by atoms with Crippen molar-refractivity contribution < 1.29 is 14.2 Å². The molecule has 3 rings (SSSR count). The molecule has 0 radical (unpaired) electrons. The molecule has 0 amide bonds. The first kappa shape index (κ1) is 15.1. The number of rotatable bonds is 5. The van der Waals surface area contributed by atoms with Gasteiger partial charge in [0.1, 0.15) is 12.2 Å². The zero-order chi connectivity index (χ0) is 15.6. The van der Waals surface area contributed by atoms with Gasteiger partial charge in [-0.3, -0.25) is 0 Å². The molecule has 0 spiro atoms. The van der Waals surface area contributed by atoms with Crippen LogP contribution in [-0.2, 0) is 20.8 Å². The molecule has 1 aromatic carbocycles. The van der Waals surface area contributed by atoms with Gasteiger partial charge in [0.25, 0.3) is 0 Å². The number of ether oxygens (including phenoxy) is 3. The molecular weight excluding hydrogens is 282 g/mol. The number of azide groups is 1. The van der Waals surface area contributed by atoms with E-state index >= 15 is 0 Å². The van der Waals surface area contributed by atoms with Gasteiger partial charge in [-0.15, -0.1) is 0 Å². The van der Waals surface area contributed by atoms with E-state index in [0.29, 0.717) is 13.2 Å². The predicted octanol–water partition coefficient (Wildman–Crippen LogP) is 3.34. The Hall–Kier alpha value is -1.85. The van der Waals surface area contributed by atoms with Crippen molar-refractivity contribution in [3.63, 3.8) is 0 Å². The Morgan fingerprint density at radius 2 is 2.00 bits per heavy atom. The van der Waals surface area contributed by atoms with Crippen LogP contribution in [0.2, 0.25) is 0 Å². The normalized spacial score (nSPS) is 28.8. The highest BCUT2D eigenvalue weighted by atomic mass is 16.8. The molecule has 1 fully saturated rings. The summed E-state index contributed by atoms with van der Waals surface area (Å²) in [4.78, 5) is 2.89. The summed E-state index contributed by atoms with van der Waals surface area (Å²) in [7, 11) is 0. The quantitative estimate of drug-likeness (QED) is 0.362. The van der Waals surface area contributed by atoms with Gasteiger partial charge in [0.15, 0.2) is 5.79 Å². The van der Waals surface area contributed by atoms with E-state index in [1.165, 1.54) is 0 Å². The fourth-order valence-corrected chi connectivity index (χ4v) is 2.88. The molecule has 3 atom stereocenters. The average molecular weight is 301 g/mol. The van der Waals surface area contributed by atoms with E-state index in [4.69, 9.17) is 19.7 Å². The van der Waals surface area contributed by atoms with Crippen LogP contribution in [0.25, 0.3) is 10.4 Å². The average Bonchev–Trinajstić information content (AvgIpc) is 2.96. The Labute approximate surface area is 129 Å². The van der Waals surface area contributed by atoms with Crippen molar-refractivity contribution in [1.29, 1.82) is 0 Å². The largest absolute Gasteiger partial charge is 0.372 e. The summed E-state index contributed by atoms with van der Waals surface area (Å²) in [5, 5.41) is 3.79. The highest BCUT2D eigenvalue weighted by molar-refractivity contribution is 5.27. The van der Waals surface area contributed by atoms with Crippen LogP contribution in [0.15, 0.2) is 47.1 Å². The van der Waals surface area contributed by atoms with Gasteiger partial charge >= 0.3 is 0 Å². The lowest BCUT2D eigenvalue weighted by Gasteiger charge is -2.19. The predicted molar refractivity (Wildman–Crippen MR) is 80.9 cm³/mol. The Morgan fingerprint density at radius 3 is 2.73 bits per heavy atom. The van der Waals surface area contributed by atoms with Crippen molar-refractivity contribution in [3.8, 4) is 0 Å². The zero-order valence-corrected chi connectivity index (χ0v) is 12.7. The van der Waals surface area contributed by atoms with Crippen LogP contribution in [0.4, 0.5) is 0 Å². The Balaban J connectivity index is 1.64. The van der Waals surface area contributed by atoms with E-state index in [1.54, 1.807) is 0 Å². The van der Waals surface area contributed by atoms with Crippen molar-refractivity contribution in [1.82, 2.24) is 0 Å². The van der Waals surface area contributed by atoms with Gasteiger partial charge in [-0.2, -0.15) is 0 Å². The minimum Gasteiger partial charge on any atom is -0.372 e. The molecular formula is C16H19N3O3. The standard InChI is InChI=1S/C16H19N3O3/c1-16(2)21-14-12(8-13(18-19-17)15(14)22-16)10-20-9-11-6-4-3-5-7-11/h3-8,13-15H,9-10H2,1-2H3/t13-,14-,15+/m1/s1. The van der Waals surface area contributed by atoms with Gasteiger partial charge < -0.3 is 14.2 Å². The minimum absolute atomic E-state index is 0.207. The second-order valence-corrected chi connectivity index (χ2v) is 5.94. The molecule has 116 valence electrons. The Bertz CT molecular complexity index is 608. The lowest BCUT2D eigenvalue weighted by Crippen LogP contribution is -2.28. The fourth-order valence-electron chi connectivity index (χ4n) is 2.88. The van der Waals surface area contributed by atoms with Gasteiger partial charge in [0.2, 0.25) is 0 Å². The molecule has 1 aliphatic heterocycles. The van der Waals surface area contributed by atoms with Crippen LogP contribution in [0.3, 0.4) is 0 Å². The van der Waals surface area contributed by atoms with E-state index in [9.17, 15) is 0 Å². The van der Waals surface area contributed by atoms with Crippen molar-refractivity contribution in [2.75, 3.05) is 6.61 Å². The number of benzene rings is 1. The summed E-state index contributed by atoms with van der Waals surface area (Å²) in [5.74, 6) is -0.669. The molecule has 0 N–H and O–H groups in total. The molecule has 22 heavy (non-hydrogen) atoms. The SMILES string of the molecule is CC1(C)O[C@@H]2[C@H](O1)C(COCc1ccccc1)=C[C@H]2N=[N+]=[N-]. The minimum atomic E-state index is -0.669. The third-order valence-electron chi connectivity index (χ3n) is 3.78. The second-order valence-electron chi connectivity index (χ2n) is 5.94. The molecule has 1 aliphatic carbocycles. The second kappa shape index (κ2) is 6.10. The van der Waals surface area contributed by atoms with Crippen LogP contribution in [0.1, 0.15) is 19.4 Å². The van der Waals surface area contributed by atoms with Crippen molar-refractivity contribution in [2.24, 2.45) is 5.11 Å². The molecule has 0 unspecified atom stereocenters. The van der Waals surface area contributed by atoms with Crippen LogP contribution in [0.5, 0.6) is 0 Å². The summed E-state index contributed by atoms with van der Waals surface area (Å²) in [5.41, 5.74) is 10.8. The molecule has 1 heterocycles.